The highest BCUT2D eigenvalue weighted by Crippen LogP contribution is 2.30. The van der Waals surface area contributed by atoms with Crippen LogP contribution >= 0.6 is 0 Å². The van der Waals surface area contributed by atoms with E-state index in [9.17, 15) is 9.59 Å². The van der Waals surface area contributed by atoms with Gasteiger partial charge < -0.3 is 9.47 Å². The molecule has 1 aromatic carbocycles. The second-order valence-electron chi connectivity index (χ2n) is 5.01. The first kappa shape index (κ1) is 17.0. The third kappa shape index (κ3) is 4.45. The minimum Gasteiger partial charge on any atom is -0.494 e. The summed E-state index contributed by atoms with van der Waals surface area (Å²) in [7, 11) is 1.27. The van der Waals surface area contributed by atoms with Crippen LogP contribution in [0.5, 0.6) is 5.75 Å². The van der Waals surface area contributed by atoms with Crippen LogP contribution in [0.2, 0.25) is 0 Å². The number of aryl methyl sites for hydroxylation is 1. The van der Waals surface area contributed by atoms with Gasteiger partial charge in [-0.25, -0.2) is 4.79 Å². The molecule has 21 heavy (non-hydrogen) atoms. The smallest absolute Gasteiger partial charge is 0.330 e. The number of ether oxygens (including phenoxy) is 2. The monoisotopic (exact) mass is 290 g/mol. The van der Waals surface area contributed by atoms with Gasteiger partial charge in [-0.05, 0) is 49.1 Å². The molecule has 4 nitrogen and oxygen atoms in total. The molecule has 4 heteroatoms. The zero-order valence-corrected chi connectivity index (χ0v) is 13.2. The van der Waals surface area contributed by atoms with Crippen LogP contribution < -0.4 is 4.74 Å². The first-order valence-corrected chi connectivity index (χ1v) is 6.98. The standard InChI is InChI=1S/C17H22O4/c1-6-21-16-9-12(4)14(10-13(16)11(2)3)15(18)7-8-17(19)20-5/h7-11H,6H2,1-5H3/b8-7+. The van der Waals surface area contributed by atoms with Gasteiger partial charge in [-0.2, -0.15) is 0 Å². The molecule has 1 aromatic rings. The van der Waals surface area contributed by atoms with Crippen molar-refractivity contribution in [2.75, 3.05) is 13.7 Å². The lowest BCUT2D eigenvalue weighted by atomic mass is 9.94. The number of ketones is 1. The van der Waals surface area contributed by atoms with Crippen LogP contribution in [-0.2, 0) is 9.53 Å². The van der Waals surface area contributed by atoms with Crippen molar-refractivity contribution < 1.29 is 19.1 Å². The molecule has 0 N–H and O–H groups in total. The van der Waals surface area contributed by atoms with Gasteiger partial charge in [0.15, 0.2) is 5.78 Å². The summed E-state index contributed by atoms with van der Waals surface area (Å²) in [5, 5.41) is 0. The van der Waals surface area contributed by atoms with Crippen molar-refractivity contribution in [2.24, 2.45) is 0 Å². The van der Waals surface area contributed by atoms with Crippen molar-refractivity contribution in [3.63, 3.8) is 0 Å². The molecule has 0 unspecified atom stereocenters. The lowest BCUT2D eigenvalue weighted by Gasteiger charge is -2.16. The number of hydrogen-bond acceptors (Lipinski definition) is 4. The summed E-state index contributed by atoms with van der Waals surface area (Å²) in [5.74, 6) is 0.278. The van der Waals surface area contributed by atoms with E-state index < -0.39 is 5.97 Å². The number of carbonyl (C=O) groups is 2. The molecule has 1 rings (SSSR count). The topological polar surface area (TPSA) is 52.6 Å². The summed E-state index contributed by atoms with van der Waals surface area (Å²) in [6.45, 7) is 8.45. The van der Waals surface area contributed by atoms with Gasteiger partial charge in [-0.15, -0.1) is 0 Å². The van der Waals surface area contributed by atoms with E-state index in [1.165, 1.54) is 13.2 Å². The third-order valence-electron chi connectivity index (χ3n) is 3.12. The van der Waals surface area contributed by atoms with Crippen molar-refractivity contribution in [3.8, 4) is 5.75 Å². The Kier molecular flexibility index (Phi) is 6.15. The van der Waals surface area contributed by atoms with E-state index in [1.807, 2.05) is 39.8 Å². The van der Waals surface area contributed by atoms with Gasteiger partial charge in [-0.3, -0.25) is 4.79 Å². The van der Waals surface area contributed by atoms with Crippen molar-refractivity contribution in [3.05, 3.63) is 41.0 Å². The average Bonchev–Trinajstić information content (AvgIpc) is 2.44. The Morgan fingerprint density at radius 3 is 2.43 bits per heavy atom. The molecule has 0 heterocycles. The predicted octanol–water partition coefficient (Wildman–Crippen LogP) is 3.43. The maximum absolute atomic E-state index is 12.2. The van der Waals surface area contributed by atoms with Gasteiger partial charge in [0.25, 0.3) is 0 Å². The molecular formula is C17H22O4. The number of methoxy groups -OCH3 is 1. The van der Waals surface area contributed by atoms with E-state index in [4.69, 9.17) is 4.74 Å². The summed E-state index contributed by atoms with van der Waals surface area (Å²) < 4.78 is 10.1. The molecule has 0 amide bonds. The molecule has 114 valence electrons. The summed E-state index contributed by atoms with van der Waals surface area (Å²) in [5.41, 5.74) is 2.38. The summed E-state index contributed by atoms with van der Waals surface area (Å²) in [6.07, 6.45) is 2.37. The van der Waals surface area contributed by atoms with E-state index in [1.54, 1.807) is 0 Å². The second kappa shape index (κ2) is 7.62. The third-order valence-corrected chi connectivity index (χ3v) is 3.12. The average molecular weight is 290 g/mol. The number of carbonyl (C=O) groups excluding carboxylic acids is 2. The Bertz CT molecular complexity index is 556. The molecule has 0 aliphatic rings. The quantitative estimate of drug-likeness (QED) is 0.457. The Hall–Kier alpha value is -2.10. The van der Waals surface area contributed by atoms with Gasteiger partial charge >= 0.3 is 5.97 Å². The number of esters is 1. The zero-order chi connectivity index (χ0) is 16.0. The second-order valence-corrected chi connectivity index (χ2v) is 5.01. The minimum absolute atomic E-state index is 0.220. The van der Waals surface area contributed by atoms with E-state index in [-0.39, 0.29) is 11.7 Å². The van der Waals surface area contributed by atoms with Crippen LogP contribution in [0.4, 0.5) is 0 Å². The predicted molar refractivity (Wildman–Crippen MR) is 81.9 cm³/mol. The maximum atomic E-state index is 12.2. The van der Waals surface area contributed by atoms with E-state index >= 15 is 0 Å². The van der Waals surface area contributed by atoms with Crippen LogP contribution in [0, 0.1) is 6.92 Å². The number of rotatable bonds is 6. The van der Waals surface area contributed by atoms with Crippen LogP contribution in [0.1, 0.15) is 48.2 Å². The lowest BCUT2D eigenvalue weighted by molar-refractivity contribution is -0.134. The Balaban J connectivity index is 3.19. The molecule has 0 saturated heterocycles. The van der Waals surface area contributed by atoms with Gasteiger partial charge in [0.1, 0.15) is 5.75 Å². The number of allylic oxidation sites excluding steroid dienone is 1. The molecule has 0 aliphatic carbocycles. The van der Waals surface area contributed by atoms with Crippen molar-refractivity contribution in [1.82, 2.24) is 0 Å². The molecule has 0 bridgehead atoms. The van der Waals surface area contributed by atoms with Crippen LogP contribution in [0.15, 0.2) is 24.3 Å². The van der Waals surface area contributed by atoms with Gasteiger partial charge in [0, 0.05) is 11.6 Å². The Morgan fingerprint density at radius 2 is 1.90 bits per heavy atom. The molecule has 0 atom stereocenters. The van der Waals surface area contributed by atoms with Gasteiger partial charge in [0.05, 0.1) is 13.7 Å². The lowest BCUT2D eigenvalue weighted by Crippen LogP contribution is -2.05. The zero-order valence-electron chi connectivity index (χ0n) is 13.2. The molecule has 0 radical (unpaired) electrons. The van der Waals surface area contributed by atoms with Gasteiger partial charge in [0.2, 0.25) is 0 Å². The first-order chi connectivity index (χ1) is 9.90. The Labute approximate surface area is 125 Å². The first-order valence-electron chi connectivity index (χ1n) is 6.98. The SMILES string of the molecule is CCOc1cc(C)c(C(=O)/C=C/C(=O)OC)cc1C(C)C. The molecule has 0 spiro atoms. The fraction of sp³-hybridized carbons (Fsp3) is 0.412. The molecule has 0 aromatic heterocycles. The largest absolute Gasteiger partial charge is 0.494 e. The summed E-state index contributed by atoms with van der Waals surface area (Å²) in [6, 6.07) is 3.72. The molecule has 0 fully saturated rings. The highest BCUT2D eigenvalue weighted by atomic mass is 16.5. The number of benzene rings is 1. The highest BCUT2D eigenvalue weighted by Gasteiger charge is 2.15. The molecule has 0 aliphatic heterocycles. The summed E-state index contributed by atoms with van der Waals surface area (Å²) >= 11 is 0. The fourth-order valence-electron chi connectivity index (χ4n) is 2.00. The van der Waals surface area contributed by atoms with E-state index in [2.05, 4.69) is 4.74 Å². The molecular weight excluding hydrogens is 268 g/mol. The number of hydrogen-bond donors (Lipinski definition) is 0. The van der Waals surface area contributed by atoms with Crippen molar-refractivity contribution >= 4 is 11.8 Å². The fourth-order valence-corrected chi connectivity index (χ4v) is 2.00. The molecule has 0 saturated carbocycles. The van der Waals surface area contributed by atoms with Crippen LogP contribution in [-0.4, -0.2) is 25.5 Å². The summed E-state index contributed by atoms with van der Waals surface area (Å²) in [4.78, 5) is 23.3. The van der Waals surface area contributed by atoms with Crippen LogP contribution in [0.25, 0.3) is 0 Å². The van der Waals surface area contributed by atoms with Crippen LogP contribution in [0.3, 0.4) is 0 Å². The van der Waals surface area contributed by atoms with Crippen molar-refractivity contribution in [1.29, 1.82) is 0 Å². The van der Waals surface area contributed by atoms with E-state index in [0.717, 1.165) is 23.0 Å². The van der Waals surface area contributed by atoms with Crippen molar-refractivity contribution in [2.45, 2.75) is 33.6 Å². The van der Waals surface area contributed by atoms with Gasteiger partial charge in [-0.1, -0.05) is 13.8 Å². The minimum atomic E-state index is -0.545. The van der Waals surface area contributed by atoms with E-state index in [0.29, 0.717) is 12.2 Å². The Morgan fingerprint density at radius 1 is 1.24 bits per heavy atom. The highest BCUT2D eigenvalue weighted by molar-refractivity contribution is 6.08. The normalized spacial score (nSPS) is 11.0. The maximum Gasteiger partial charge on any atom is 0.330 e.